The van der Waals surface area contributed by atoms with Gasteiger partial charge in [0.2, 0.25) is 0 Å². The fourth-order valence-corrected chi connectivity index (χ4v) is 1.77. The number of benzene rings is 1. The number of rotatable bonds is 7. The number of halogens is 2. The standard InChI is InChI=1S/C15H26N2.2ClH/c1-13(2)15-8-6-14(7-9-15)12-16-10-5-11-17(3)4;;/h6-9,13,16H,5,10-12H2,1-4H3;2*1H/p-2. The molecule has 1 aromatic carbocycles. The van der Waals surface area contributed by atoms with Crippen molar-refractivity contribution in [3.8, 4) is 0 Å². The molecule has 0 fully saturated rings. The summed E-state index contributed by atoms with van der Waals surface area (Å²) >= 11 is 0. The Balaban J connectivity index is 0. The van der Waals surface area contributed by atoms with Crippen molar-refractivity contribution in [2.75, 3.05) is 27.2 Å². The van der Waals surface area contributed by atoms with Gasteiger partial charge in [-0.3, -0.25) is 0 Å². The maximum Gasteiger partial charge on any atom is 0.0205 e. The maximum atomic E-state index is 3.48. The molecular weight excluding hydrogens is 279 g/mol. The van der Waals surface area contributed by atoms with Crippen molar-refractivity contribution in [2.24, 2.45) is 0 Å². The Bertz CT molecular complexity index is 310. The monoisotopic (exact) mass is 304 g/mol. The van der Waals surface area contributed by atoms with Crippen molar-refractivity contribution in [1.82, 2.24) is 10.2 Å². The summed E-state index contributed by atoms with van der Waals surface area (Å²) in [6.07, 6.45) is 1.21. The molecule has 0 spiro atoms. The van der Waals surface area contributed by atoms with Crippen LogP contribution in [0.4, 0.5) is 0 Å². The van der Waals surface area contributed by atoms with Gasteiger partial charge in [-0.1, -0.05) is 38.1 Å². The molecule has 0 saturated heterocycles. The normalized spacial score (nSPS) is 10.2. The molecule has 0 unspecified atom stereocenters. The maximum absolute atomic E-state index is 3.48. The van der Waals surface area contributed by atoms with Crippen molar-refractivity contribution in [1.29, 1.82) is 0 Å². The van der Waals surface area contributed by atoms with Crippen LogP contribution in [0.25, 0.3) is 0 Å². The van der Waals surface area contributed by atoms with E-state index in [0.717, 1.165) is 19.6 Å². The fourth-order valence-electron chi connectivity index (χ4n) is 1.77. The predicted molar refractivity (Wildman–Crippen MR) is 75.4 cm³/mol. The molecule has 112 valence electrons. The SMILES string of the molecule is CC(C)c1ccc(CNCCCN(C)C)cc1.[Cl-].[Cl-]. The average Bonchev–Trinajstić information content (AvgIpc) is 2.29. The lowest BCUT2D eigenvalue weighted by molar-refractivity contribution is -0.00100. The first-order valence-electron chi connectivity index (χ1n) is 6.54. The van der Waals surface area contributed by atoms with Crippen molar-refractivity contribution >= 4 is 0 Å². The molecule has 19 heavy (non-hydrogen) atoms. The molecule has 0 radical (unpaired) electrons. The van der Waals surface area contributed by atoms with E-state index in [9.17, 15) is 0 Å². The molecule has 0 bridgehead atoms. The Labute approximate surface area is 130 Å². The summed E-state index contributed by atoms with van der Waals surface area (Å²) in [5, 5.41) is 3.48. The minimum absolute atomic E-state index is 0. The fraction of sp³-hybridized carbons (Fsp3) is 0.600. The molecule has 4 heteroatoms. The van der Waals surface area contributed by atoms with E-state index in [1.807, 2.05) is 0 Å². The van der Waals surface area contributed by atoms with Crippen molar-refractivity contribution < 1.29 is 24.8 Å². The van der Waals surface area contributed by atoms with Crippen LogP contribution in [0, 0.1) is 0 Å². The minimum atomic E-state index is 0. The van der Waals surface area contributed by atoms with Crippen LogP contribution in [0.3, 0.4) is 0 Å². The number of nitrogens with zero attached hydrogens (tertiary/aromatic N) is 1. The third-order valence-electron chi connectivity index (χ3n) is 2.93. The highest BCUT2D eigenvalue weighted by Gasteiger charge is 1.98. The van der Waals surface area contributed by atoms with Gasteiger partial charge in [0, 0.05) is 6.54 Å². The zero-order valence-electron chi connectivity index (χ0n) is 12.4. The Morgan fingerprint density at radius 3 is 2.11 bits per heavy atom. The highest BCUT2D eigenvalue weighted by atomic mass is 35.5. The van der Waals surface area contributed by atoms with Crippen LogP contribution in [0.1, 0.15) is 37.3 Å². The molecule has 1 N–H and O–H groups in total. The van der Waals surface area contributed by atoms with Gasteiger partial charge in [0.05, 0.1) is 0 Å². The minimum Gasteiger partial charge on any atom is -1.00 e. The van der Waals surface area contributed by atoms with E-state index in [1.165, 1.54) is 17.5 Å². The molecule has 0 saturated carbocycles. The van der Waals surface area contributed by atoms with Gasteiger partial charge in [-0.05, 0) is 50.7 Å². The first-order valence-corrected chi connectivity index (χ1v) is 6.54. The van der Waals surface area contributed by atoms with Crippen molar-refractivity contribution in [3.63, 3.8) is 0 Å². The lowest BCUT2D eigenvalue weighted by atomic mass is 10.0. The molecule has 0 aliphatic heterocycles. The van der Waals surface area contributed by atoms with Gasteiger partial charge in [-0.2, -0.15) is 0 Å². The van der Waals surface area contributed by atoms with Gasteiger partial charge >= 0.3 is 0 Å². The van der Waals surface area contributed by atoms with Crippen LogP contribution in [-0.4, -0.2) is 32.1 Å². The van der Waals surface area contributed by atoms with Crippen LogP contribution in [0.2, 0.25) is 0 Å². The molecular formula is C15H26Cl2N2-2. The van der Waals surface area contributed by atoms with E-state index in [2.05, 4.69) is 62.4 Å². The molecule has 0 atom stereocenters. The Morgan fingerprint density at radius 2 is 1.63 bits per heavy atom. The quantitative estimate of drug-likeness (QED) is 0.536. The van der Waals surface area contributed by atoms with Crippen LogP contribution >= 0.6 is 0 Å². The number of hydrogen-bond donors (Lipinski definition) is 1. The van der Waals surface area contributed by atoms with E-state index in [0.29, 0.717) is 5.92 Å². The van der Waals surface area contributed by atoms with Gasteiger partial charge in [0.1, 0.15) is 0 Å². The Hall–Kier alpha value is -0.280. The second kappa shape index (κ2) is 11.5. The third kappa shape index (κ3) is 9.28. The van der Waals surface area contributed by atoms with Crippen molar-refractivity contribution in [2.45, 2.75) is 32.7 Å². The molecule has 0 amide bonds. The van der Waals surface area contributed by atoms with Crippen LogP contribution < -0.4 is 30.1 Å². The Kier molecular flexibility index (Phi) is 12.8. The van der Waals surface area contributed by atoms with E-state index >= 15 is 0 Å². The summed E-state index contributed by atoms with van der Waals surface area (Å²) in [7, 11) is 4.23. The Morgan fingerprint density at radius 1 is 1.05 bits per heavy atom. The largest absolute Gasteiger partial charge is 1.00 e. The lowest BCUT2D eigenvalue weighted by Crippen LogP contribution is -3.00. The molecule has 1 rings (SSSR count). The van der Waals surface area contributed by atoms with Crippen LogP contribution in [0.15, 0.2) is 24.3 Å². The van der Waals surface area contributed by atoms with E-state index in [-0.39, 0.29) is 24.8 Å². The highest BCUT2D eigenvalue weighted by Crippen LogP contribution is 2.14. The van der Waals surface area contributed by atoms with E-state index < -0.39 is 0 Å². The molecule has 1 aromatic rings. The average molecular weight is 305 g/mol. The van der Waals surface area contributed by atoms with Gasteiger partial charge in [-0.25, -0.2) is 0 Å². The van der Waals surface area contributed by atoms with Crippen LogP contribution in [0.5, 0.6) is 0 Å². The van der Waals surface area contributed by atoms with Gasteiger partial charge < -0.3 is 35.0 Å². The molecule has 0 heterocycles. The van der Waals surface area contributed by atoms with Gasteiger partial charge in [-0.15, -0.1) is 0 Å². The summed E-state index contributed by atoms with van der Waals surface area (Å²) in [4.78, 5) is 2.22. The lowest BCUT2D eigenvalue weighted by Gasteiger charge is -2.10. The van der Waals surface area contributed by atoms with E-state index in [1.54, 1.807) is 0 Å². The smallest absolute Gasteiger partial charge is 0.0205 e. The first kappa shape index (κ1) is 21.0. The third-order valence-corrected chi connectivity index (χ3v) is 2.93. The summed E-state index contributed by atoms with van der Waals surface area (Å²) < 4.78 is 0. The number of hydrogen-bond acceptors (Lipinski definition) is 2. The predicted octanol–water partition coefficient (Wildman–Crippen LogP) is -3.14. The summed E-state index contributed by atoms with van der Waals surface area (Å²) in [5.74, 6) is 0.622. The number of nitrogens with one attached hydrogen (secondary N) is 1. The summed E-state index contributed by atoms with van der Waals surface area (Å²) in [6.45, 7) is 7.68. The molecule has 0 aromatic heterocycles. The summed E-state index contributed by atoms with van der Waals surface area (Å²) in [5.41, 5.74) is 2.79. The first-order chi connectivity index (χ1) is 8.09. The van der Waals surface area contributed by atoms with Gasteiger partial charge in [0.25, 0.3) is 0 Å². The molecule has 2 nitrogen and oxygen atoms in total. The second-order valence-electron chi connectivity index (χ2n) is 5.23. The van der Waals surface area contributed by atoms with Crippen molar-refractivity contribution in [3.05, 3.63) is 35.4 Å². The highest BCUT2D eigenvalue weighted by molar-refractivity contribution is 5.24. The summed E-state index contributed by atoms with van der Waals surface area (Å²) in [6, 6.07) is 8.94. The zero-order chi connectivity index (χ0) is 12.7. The molecule has 0 aliphatic carbocycles. The topological polar surface area (TPSA) is 15.3 Å². The molecule has 0 aliphatic rings. The second-order valence-corrected chi connectivity index (χ2v) is 5.23. The zero-order valence-corrected chi connectivity index (χ0v) is 13.9. The van der Waals surface area contributed by atoms with Gasteiger partial charge in [0.15, 0.2) is 0 Å². The van der Waals surface area contributed by atoms with E-state index in [4.69, 9.17) is 0 Å². The van der Waals surface area contributed by atoms with Crippen LogP contribution in [-0.2, 0) is 6.54 Å².